The number of ether oxygens (including phenoxy) is 1. The fourth-order valence-electron chi connectivity index (χ4n) is 1.18. The molecular formula is C11H10BrNO4. The zero-order valence-electron chi connectivity index (χ0n) is 9.05. The molecule has 0 saturated heterocycles. The molecule has 0 amide bonds. The van der Waals surface area contributed by atoms with Crippen molar-refractivity contribution in [1.29, 1.82) is 0 Å². The maximum Gasteiger partial charge on any atom is 0.334 e. The summed E-state index contributed by atoms with van der Waals surface area (Å²) in [7, 11) is 1.30. The van der Waals surface area contributed by atoms with Gasteiger partial charge in [-0.25, -0.2) is 4.79 Å². The van der Waals surface area contributed by atoms with E-state index in [1.807, 2.05) is 0 Å². The molecule has 90 valence electrons. The third kappa shape index (κ3) is 3.67. The van der Waals surface area contributed by atoms with Gasteiger partial charge in [0.15, 0.2) is 0 Å². The number of non-ortho nitro benzene ring substituents is 1. The van der Waals surface area contributed by atoms with Crippen LogP contribution in [-0.2, 0) is 9.53 Å². The molecule has 0 aromatic heterocycles. The summed E-state index contributed by atoms with van der Waals surface area (Å²) in [6.07, 6.45) is 1.62. The molecule has 0 bridgehead atoms. The van der Waals surface area contributed by atoms with Gasteiger partial charge < -0.3 is 4.74 Å². The molecule has 0 fully saturated rings. The predicted molar refractivity (Wildman–Crippen MR) is 66.9 cm³/mol. The first-order valence-corrected chi connectivity index (χ1v) is 5.80. The molecule has 1 rings (SSSR count). The van der Waals surface area contributed by atoms with E-state index < -0.39 is 10.9 Å². The zero-order chi connectivity index (χ0) is 12.8. The van der Waals surface area contributed by atoms with Gasteiger partial charge in [0.1, 0.15) is 0 Å². The average molecular weight is 300 g/mol. The van der Waals surface area contributed by atoms with Gasteiger partial charge in [-0.15, -0.1) is 0 Å². The number of benzene rings is 1. The number of nitrogens with zero attached hydrogens (tertiary/aromatic N) is 1. The molecule has 0 heterocycles. The third-order valence-corrected chi connectivity index (χ3v) is 2.64. The first kappa shape index (κ1) is 13.4. The Kier molecular flexibility index (Phi) is 4.84. The molecule has 0 unspecified atom stereocenters. The monoisotopic (exact) mass is 299 g/mol. The minimum Gasteiger partial charge on any atom is -0.466 e. The Morgan fingerprint density at radius 2 is 2.06 bits per heavy atom. The lowest BCUT2D eigenvalue weighted by Crippen LogP contribution is -2.05. The lowest BCUT2D eigenvalue weighted by atomic mass is 10.1. The Morgan fingerprint density at radius 1 is 1.47 bits per heavy atom. The largest absolute Gasteiger partial charge is 0.466 e. The van der Waals surface area contributed by atoms with Crippen LogP contribution in [0.3, 0.4) is 0 Å². The van der Waals surface area contributed by atoms with Crippen molar-refractivity contribution < 1.29 is 14.5 Å². The standard InChI is InChI=1S/C11H10BrNO4/c1-17-11(14)9(7-12)6-8-2-4-10(5-3-8)13(15)16/h2-6H,7H2,1H3/b9-6-. The molecule has 0 aliphatic carbocycles. The number of methoxy groups -OCH3 is 1. The quantitative estimate of drug-likeness (QED) is 0.282. The maximum atomic E-state index is 11.3. The highest BCUT2D eigenvalue weighted by atomic mass is 79.9. The molecule has 5 nitrogen and oxygen atoms in total. The molecular weight excluding hydrogens is 290 g/mol. The van der Waals surface area contributed by atoms with Crippen LogP contribution in [0.4, 0.5) is 5.69 Å². The molecule has 0 radical (unpaired) electrons. The van der Waals surface area contributed by atoms with Crippen LogP contribution in [0.25, 0.3) is 6.08 Å². The summed E-state index contributed by atoms with van der Waals surface area (Å²) >= 11 is 3.18. The molecule has 0 spiro atoms. The first-order valence-electron chi connectivity index (χ1n) is 4.67. The predicted octanol–water partition coefficient (Wildman–Crippen LogP) is 2.55. The van der Waals surface area contributed by atoms with Crippen molar-refractivity contribution in [2.75, 3.05) is 12.4 Å². The van der Waals surface area contributed by atoms with Gasteiger partial charge in [0.2, 0.25) is 0 Å². The molecule has 17 heavy (non-hydrogen) atoms. The second-order valence-corrected chi connectivity index (χ2v) is 3.70. The van der Waals surface area contributed by atoms with Crippen LogP contribution in [0.15, 0.2) is 29.8 Å². The van der Waals surface area contributed by atoms with Crippen molar-refractivity contribution in [3.05, 3.63) is 45.5 Å². The van der Waals surface area contributed by atoms with E-state index in [0.29, 0.717) is 16.5 Å². The van der Waals surface area contributed by atoms with Crippen LogP contribution >= 0.6 is 15.9 Å². The number of nitro benzene ring substituents is 1. The van der Waals surface area contributed by atoms with Gasteiger partial charge in [0, 0.05) is 23.0 Å². The van der Waals surface area contributed by atoms with Gasteiger partial charge >= 0.3 is 5.97 Å². The Bertz CT molecular complexity index is 453. The summed E-state index contributed by atoms with van der Waals surface area (Å²) in [5, 5.41) is 10.8. The Labute approximate surface area is 106 Å². The number of rotatable bonds is 4. The van der Waals surface area contributed by atoms with E-state index in [9.17, 15) is 14.9 Å². The number of halogens is 1. The number of esters is 1. The van der Waals surface area contributed by atoms with Crippen molar-refractivity contribution >= 4 is 33.7 Å². The number of hydrogen-bond donors (Lipinski definition) is 0. The van der Waals surface area contributed by atoms with Gasteiger partial charge in [0.25, 0.3) is 5.69 Å². The van der Waals surface area contributed by atoms with E-state index in [1.165, 1.54) is 19.2 Å². The molecule has 1 aromatic carbocycles. The average Bonchev–Trinajstić information content (AvgIpc) is 2.35. The second kappa shape index (κ2) is 6.15. The highest BCUT2D eigenvalue weighted by molar-refractivity contribution is 9.09. The SMILES string of the molecule is COC(=O)/C(=C\c1ccc([N+](=O)[O-])cc1)CBr. The molecule has 0 aliphatic rings. The van der Waals surface area contributed by atoms with E-state index in [0.717, 1.165) is 0 Å². The lowest BCUT2D eigenvalue weighted by Gasteiger charge is -2.01. The van der Waals surface area contributed by atoms with Gasteiger partial charge in [-0.3, -0.25) is 10.1 Å². The summed E-state index contributed by atoms with van der Waals surface area (Å²) in [5.74, 6) is -0.430. The Morgan fingerprint density at radius 3 is 2.47 bits per heavy atom. The molecule has 0 aliphatic heterocycles. The minimum absolute atomic E-state index is 0.0145. The zero-order valence-corrected chi connectivity index (χ0v) is 10.6. The van der Waals surface area contributed by atoms with E-state index in [1.54, 1.807) is 18.2 Å². The molecule has 1 aromatic rings. The molecule has 0 atom stereocenters. The van der Waals surface area contributed by atoms with Crippen molar-refractivity contribution in [2.45, 2.75) is 0 Å². The minimum atomic E-state index is -0.473. The number of carbonyl (C=O) groups excluding carboxylic acids is 1. The first-order chi connectivity index (χ1) is 8.08. The van der Waals surface area contributed by atoms with E-state index in [2.05, 4.69) is 20.7 Å². The van der Waals surface area contributed by atoms with Crippen LogP contribution < -0.4 is 0 Å². The normalized spacial score (nSPS) is 11.1. The van der Waals surface area contributed by atoms with Crippen LogP contribution in [0.5, 0.6) is 0 Å². The molecule has 0 N–H and O–H groups in total. The smallest absolute Gasteiger partial charge is 0.334 e. The Balaban J connectivity index is 2.97. The highest BCUT2D eigenvalue weighted by Gasteiger charge is 2.08. The van der Waals surface area contributed by atoms with Gasteiger partial charge in [0.05, 0.1) is 12.0 Å². The Hall–Kier alpha value is -1.69. The number of carbonyl (C=O) groups is 1. The maximum absolute atomic E-state index is 11.3. The fourth-order valence-corrected chi connectivity index (χ4v) is 1.57. The molecule has 0 saturated carbocycles. The van der Waals surface area contributed by atoms with Crippen LogP contribution in [-0.4, -0.2) is 23.3 Å². The van der Waals surface area contributed by atoms with Crippen molar-refractivity contribution in [3.63, 3.8) is 0 Å². The summed E-state index contributed by atoms with van der Waals surface area (Å²) in [6.45, 7) is 0. The van der Waals surface area contributed by atoms with Crippen molar-refractivity contribution in [1.82, 2.24) is 0 Å². The topological polar surface area (TPSA) is 69.4 Å². The van der Waals surface area contributed by atoms with E-state index in [4.69, 9.17) is 0 Å². The molecule has 6 heteroatoms. The summed E-state index contributed by atoms with van der Waals surface area (Å²) in [5.41, 5.74) is 1.16. The van der Waals surface area contributed by atoms with Gasteiger partial charge in [-0.2, -0.15) is 0 Å². The summed E-state index contributed by atoms with van der Waals surface area (Å²) in [4.78, 5) is 21.3. The van der Waals surface area contributed by atoms with Gasteiger partial charge in [-0.05, 0) is 23.8 Å². The van der Waals surface area contributed by atoms with Gasteiger partial charge in [-0.1, -0.05) is 15.9 Å². The number of alkyl halides is 1. The number of nitro groups is 1. The fraction of sp³-hybridized carbons (Fsp3) is 0.182. The lowest BCUT2D eigenvalue weighted by molar-refractivity contribution is -0.384. The van der Waals surface area contributed by atoms with Crippen LogP contribution in [0, 0.1) is 10.1 Å². The number of hydrogen-bond acceptors (Lipinski definition) is 4. The summed E-state index contributed by atoms with van der Waals surface area (Å²) < 4.78 is 4.59. The van der Waals surface area contributed by atoms with Crippen LogP contribution in [0.1, 0.15) is 5.56 Å². The van der Waals surface area contributed by atoms with Crippen molar-refractivity contribution in [2.24, 2.45) is 0 Å². The summed E-state index contributed by atoms with van der Waals surface area (Å²) in [6, 6.07) is 5.91. The second-order valence-electron chi connectivity index (χ2n) is 3.14. The van der Waals surface area contributed by atoms with E-state index in [-0.39, 0.29) is 5.69 Å². The van der Waals surface area contributed by atoms with E-state index >= 15 is 0 Å². The third-order valence-electron chi connectivity index (χ3n) is 2.04. The highest BCUT2D eigenvalue weighted by Crippen LogP contribution is 2.15. The van der Waals surface area contributed by atoms with Crippen LogP contribution in [0.2, 0.25) is 0 Å². The van der Waals surface area contributed by atoms with Crippen molar-refractivity contribution in [3.8, 4) is 0 Å².